The number of amides is 2. The van der Waals surface area contributed by atoms with Crippen LogP contribution in [0.2, 0.25) is 0 Å². The Morgan fingerprint density at radius 1 is 1.07 bits per heavy atom. The van der Waals surface area contributed by atoms with Crippen molar-refractivity contribution in [1.82, 2.24) is 10.2 Å². The van der Waals surface area contributed by atoms with E-state index < -0.39 is 0 Å². The molecule has 0 saturated heterocycles. The largest absolute Gasteiger partial charge is 0.353 e. The second-order valence-corrected chi connectivity index (χ2v) is 8.27. The van der Waals surface area contributed by atoms with Crippen molar-refractivity contribution in [3.05, 3.63) is 52.2 Å². The third-order valence-electron chi connectivity index (χ3n) is 4.48. The lowest BCUT2D eigenvalue weighted by molar-refractivity contribution is -0.118. The molecule has 0 aliphatic rings. The van der Waals surface area contributed by atoms with Crippen LogP contribution in [0.4, 0.5) is 5.69 Å². The van der Waals surface area contributed by atoms with E-state index >= 15 is 0 Å². The molecule has 0 bridgehead atoms. The van der Waals surface area contributed by atoms with Gasteiger partial charge in [-0.2, -0.15) is 11.3 Å². The first-order chi connectivity index (χ1) is 13.5. The summed E-state index contributed by atoms with van der Waals surface area (Å²) in [4.78, 5) is 26.6. The molecule has 1 unspecified atom stereocenters. The minimum absolute atomic E-state index is 0.0412. The van der Waals surface area contributed by atoms with E-state index in [9.17, 15) is 9.59 Å². The Kier molecular flexibility index (Phi) is 9.54. The number of hydrogen-bond acceptors (Lipinski definition) is 5. The molecular weight excluding hydrogens is 390 g/mol. The zero-order chi connectivity index (χ0) is 20.4. The molecule has 0 radical (unpaired) electrons. The summed E-state index contributed by atoms with van der Waals surface area (Å²) in [6.07, 6.45) is 0. The first-order valence-corrected chi connectivity index (χ1v) is 11.6. The van der Waals surface area contributed by atoms with Crippen LogP contribution in [-0.4, -0.2) is 47.9 Å². The highest BCUT2D eigenvalue weighted by atomic mass is 32.2. The smallest absolute Gasteiger partial charge is 0.234 e. The van der Waals surface area contributed by atoms with Gasteiger partial charge in [0.15, 0.2) is 0 Å². The van der Waals surface area contributed by atoms with Gasteiger partial charge < -0.3 is 10.6 Å². The lowest BCUT2D eigenvalue weighted by Crippen LogP contribution is -2.38. The number of hydrogen-bond donors (Lipinski definition) is 2. The molecule has 0 aliphatic heterocycles. The van der Waals surface area contributed by atoms with Crippen LogP contribution in [0.5, 0.6) is 0 Å². The Morgan fingerprint density at radius 2 is 1.75 bits per heavy atom. The van der Waals surface area contributed by atoms with Gasteiger partial charge >= 0.3 is 0 Å². The molecule has 2 amide bonds. The van der Waals surface area contributed by atoms with Crippen LogP contribution in [0.3, 0.4) is 0 Å². The SMILES string of the molecule is CCN(CC)C(CNC(=O)CSCC(=O)Nc1ccc(C)cc1)c1ccsc1. The van der Waals surface area contributed by atoms with Crippen molar-refractivity contribution in [2.45, 2.75) is 26.8 Å². The van der Waals surface area contributed by atoms with Crippen LogP contribution in [0.1, 0.15) is 31.0 Å². The van der Waals surface area contributed by atoms with Gasteiger partial charge in [0.2, 0.25) is 11.8 Å². The van der Waals surface area contributed by atoms with E-state index in [1.807, 2.05) is 31.2 Å². The minimum atomic E-state index is -0.0963. The van der Waals surface area contributed by atoms with Crippen molar-refractivity contribution in [1.29, 1.82) is 0 Å². The van der Waals surface area contributed by atoms with Gasteiger partial charge in [-0.1, -0.05) is 31.5 Å². The van der Waals surface area contributed by atoms with Crippen molar-refractivity contribution < 1.29 is 9.59 Å². The highest BCUT2D eigenvalue weighted by molar-refractivity contribution is 8.00. The van der Waals surface area contributed by atoms with E-state index in [4.69, 9.17) is 0 Å². The summed E-state index contributed by atoms with van der Waals surface area (Å²) < 4.78 is 0. The number of carbonyl (C=O) groups is 2. The maximum Gasteiger partial charge on any atom is 0.234 e. The van der Waals surface area contributed by atoms with E-state index in [0.717, 1.165) is 24.3 Å². The summed E-state index contributed by atoms with van der Waals surface area (Å²) in [5.41, 5.74) is 3.16. The molecule has 0 fully saturated rings. The zero-order valence-electron chi connectivity index (χ0n) is 16.7. The number of nitrogens with zero attached hydrogens (tertiary/aromatic N) is 1. The number of anilines is 1. The minimum Gasteiger partial charge on any atom is -0.353 e. The number of likely N-dealkylation sites (N-methyl/N-ethyl adjacent to an activating group) is 1. The Balaban J connectivity index is 1.73. The van der Waals surface area contributed by atoms with Crippen LogP contribution in [0.25, 0.3) is 0 Å². The average molecular weight is 420 g/mol. The van der Waals surface area contributed by atoms with Gasteiger partial charge in [0.25, 0.3) is 0 Å². The van der Waals surface area contributed by atoms with Crippen molar-refractivity contribution >= 4 is 40.6 Å². The third-order valence-corrected chi connectivity index (χ3v) is 6.11. The Bertz CT molecular complexity index is 729. The number of rotatable bonds is 11. The molecule has 0 aliphatic carbocycles. The second-order valence-electron chi connectivity index (χ2n) is 6.50. The Labute approximate surface area is 175 Å². The number of benzene rings is 1. The van der Waals surface area contributed by atoms with Crippen LogP contribution in [-0.2, 0) is 9.59 Å². The molecule has 0 saturated carbocycles. The molecule has 28 heavy (non-hydrogen) atoms. The van der Waals surface area contributed by atoms with E-state index in [0.29, 0.717) is 6.54 Å². The van der Waals surface area contributed by atoms with Gasteiger partial charge in [0.05, 0.1) is 17.5 Å². The zero-order valence-corrected chi connectivity index (χ0v) is 18.4. The van der Waals surface area contributed by atoms with Gasteiger partial charge in [-0.05, 0) is 54.5 Å². The van der Waals surface area contributed by atoms with E-state index in [2.05, 4.69) is 46.2 Å². The lowest BCUT2D eigenvalue weighted by atomic mass is 10.1. The highest BCUT2D eigenvalue weighted by Gasteiger charge is 2.19. The van der Waals surface area contributed by atoms with Gasteiger partial charge in [0, 0.05) is 12.2 Å². The van der Waals surface area contributed by atoms with E-state index in [1.54, 1.807) is 11.3 Å². The topological polar surface area (TPSA) is 61.4 Å². The molecule has 152 valence electrons. The summed E-state index contributed by atoms with van der Waals surface area (Å²) >= 11 is 3.00. The summed E-state index contributed by atoms with van der Waals surface area (Å²) in [6, 6.07) is 9.96. The molecule has 1 aromatic heterocycles. The number of aryl methyl sites for hydroxylation is 1. The van der Waals surface area contributed by atoms with Crippen LogP contribution < -0.4 is 10.6 Å². The first kappa shape index (κ1) is 22.5. The van der Waals surface area contributed by atoms with Crippen LogP contribution in [0, 0.1) is 6.92 Å². The molecule has 7 heteroatoms. The van der Waals surface area contributed by atoms with Crippen molar-refractivity contribution in [3.8, 4) is 0 Å². The predicted molar refractivity (Wildman–Crippen MR) is 120 cm³/mol. The third kappa shape index (κ3) is 7.30. The molecule has 5 nitrogen and oxygen atoms in total. The van der Waals surface area contributed by atoms with E-state index in [1.165, 1.54) is 17.3 Å². The predicted octanol–water partition coefficient (Wildman–Crippen LogP) is 3.93. The van der Waals surface area contributed by atoms with Gasteiger partial charge in [0.1, 0.15) is 0 Å². The summed E-state index contributed by atoms with van der Waals surface area (Å²) in [6.45, 7) is 8.71. The molecule has 0 spiro atoms. The van der Waals surface area contributed by atoms with Crippen molar-refractivity contribution in [3.63, 3.8) is 0 Å². The summed E-state index contributed by atoms with van der Waals surface area (Å²) in [7, 11) is 0. The van der Waals surface area contributed by atoms with Crippen LogP contribution >= 0.6 is 23.1 Å². The number of nitrogens with one attached hydrogen (secondary N) is 2. The monoisotopic (exact) mass is 419 g/mol. The maximum atomic E-state index is 12.2. The average Bonchev–Trinajstić information content (AvgIpc) is 3.21. The molecule has 2 aromatic rings. The molecular formula is C21H29N3O2S2. The lowest BCUT2D eigenvalue weighted by Gasteiger charge is -2.29. The van der Waals surface area contributed by atoms with Gasteiger partial charge in [-0.3, -0.25) is 14.5 Å². The Morgan fingerprint density at radius 3 is 2.36 bits per heavy atom. The second kappa shape index (κ2) is 11.9. The van der Waals surface area contributed by atoms with Crippen LogP contribution in [0.15, 0.2) is 41.1 Å². The first-order valence-electron chi connectivity index (χ1n) is 9.50. The Hall–Kier alpha value is -1.83. The molecule has 1 aromatic carbocycles. The van der Waals surface area contributed by atoms with E-state index in [-0.39, 0.29) is 29.4 Å². The molecule has 1 atom stereocenters. The summed E-state index contributed by atoms with van der Waals surface area (Å²) in [5, 5.41) is 10.1. The molecule has 2 N–H and O–H groups in total. The maximum absolute atomic E-state index is 12.2. The van der Waals surface area contributed by atoms with Gasteiger partial charge in [-0.15, -0.1) is 11.8 Å². The normalized spacial score (nSPS) is 12.0. The van der Waals surface area contributed by atoms with Gasteiger partial charge in [-0.25, -0.2) is 0 Å². The fraction of sp³-hybridized carbons (Fsp3) is 0.429. The number of thioether (sulfide) groups is 1. The fourth-order valence-corrected chi connectivity index (χ4v) is 4.27. The number of thiophene rings is 1. The number of carbonyl (C=O) groups excluding carboxylic acids is 2. The standard InChI is InChI=1S/C21H29N3O2S2/c1-4-24(5-2)19(17-10-11-27-13-17)12-22-20(25)14-28-15-21(26)23-18-8-6-16(3)7-9-18/h6-11,13,19H,4-5,12,14-15H2,1-3H3,(H,22,25)(H,23,26). The van der Waals surface area contributed by atoms with Crippen molar-refractivity contribution in [2.75, 3.05) is 36.5 Å². The highest BCUT2D eigenvalue weighted by Crippen LogP contribution is 2.22. The molecule has 1 heterocycles. The molecule has 2 rings (SSSR count). The quantitative estimate of drug-likeness (QED) is 0.579. The fourth-order valence-electron chi connectivity index (χ4n) is 2.92. The van der Waals surface area contributed by atoms with Crippen molar-refractivity contribution in [2.24, 2.45) is 0 Å². The summed E-state index contributed by atoms with van der Waals surface area (Å²) in [5.74, 6) is 0.391.